The summed E-state index contributed by atoms with van der Waals surface area (Å²) in [5.41, 5.74) is 0. The van der Waals surface area contributed by atoms with Crippen molar-refractivity contribution in [3.63, 3.8) is 0 Å². The first-order valence-corrected chi connectivity index (χ1v) is 7.33. The number of rotatable bonds is 5. The van der Waals surface area contributed by atoms with Crippen molar-refractivity contribution in [1.82, 2.24) is 10.2 Å². The van der Waals surface area contributed by atoms with Gasteiger partial charge in [-0.3, -0.25) is 0 Å². The van der Waals surface area contributed by atoms with Crippen molar-refractivity contribution >= 4 is 0 Å². The maximum absolute atomic E-state index is 5.52. The zero-order chi connectivity index (χ0) is 12.1. The molecule has 0 radical (unpaired) electrons. The van der Waals surface area contributed by atoms with Crippen molar-refractivity contribution in [2.24, 2.45) is 11.8 Å². The van der Waals surface area contributed by atoms with E-state index in [1.165, 1.54) is 45.4 Å². The summed E-state index contributed by atoms with van der Waals surface area (Å²) in [4.78, 5) is 2.66. The van der Waals surface area contributed by atoms with E-state index in [-0.39, 0.29) is 0 Å². The SMILES string of the molecule is CCN(CC1CCCNC1)C(C)C1CCOC1. The summed E-state index contributed by atoms with van der Waals surface area (Å²) in [6.45, 7) is 11.5. The summed E-state index contributed by atoms with van der Waals surface area (Å²) in [5.74, 6) is 1.61. The van der Waals surface area contributed by atoms with Gasteiger partial charge >= 0.3 is 0 Å². The number of piperidine rings is 1. The summed E-state index contributed by atoms with van der Waals surface area (Å²) in [7, 11) is 0. The molecule has 0 spiro atoms. The predicted octanol–water partition coefficient (Wildman–Crippen LogP) is 1.73. The zero-order valence-electron chi connectivity index (χ0n) is 11.5. The molecule has 100 valence electrons. The Kier molecular flexibility index (Phi) is 5.26. The highest BCUT2D eigenvalue weighted by Gasteiger charge is 2.28. The van der Waals surface area contributed by atoms with Gasteiger partial charge in [0, 0.05) is 19.2 Å². The van der Waals surface area contributed by atoms with E-state index in [1.54, 1.807) is 0 Å². The maximum atomic E-state index is 5.52. The third kappa shape index (κ3) is 3.67. The normalized spacial score (nSPS) is 31.9. The number of hydrogen-bond donors (Lipinski definition) is 1. The first kappa shape index (κ1) is 13.3. The van der Waals surface area contributed by atoms with Crippen LogP contribution in [0.5, 0.6) is 0 Å². The predicted molar refractivity (Wildman–Crippen MR) is 71.2 cm³/mol. The average molecular weight is 240 g/mol. The average Bonchev–Trinajstić information content (AvgIpc) is 2.90. The summed E-state index contributed by atoms with van der Waals surface area (Å²) < 4.78 is 5.52. The zero-order valence-corrected chi connectivity index (χ0v) is 11.5. The lowest BCUT2D eigenvalue weighted by molar-refractivity contribution is 0.112. The molecule has 0 aliphatic carbocycles. The van der Waals surface area contributed by atoms with E-state index in [2.05, 4.69) is 24.1 Å². The molecule has 17 heavy (non-hydrogen) atoms. The lowest BCUT2D eigenvalue weighted by Crippen LogP contribution is -2.44. The van der Waals surface area contributed by atoms with Crippen LogP contribution >= 0.6 is 0 Å². The van der Waals surface area contributed by atoms with E-state index in [9.17, 15) is 0 Å². The molecule has 0 amide bonds. The van der Waals surface area contributed by atoms with E-state index < -0.39 is 0 Å². The van der Waals surface area contributed by atoms with Gasteiger partial charge < -0.3 is 15.0 Å². The number of nitrogens with zero attached hydrogens (tertiary/aromatic N) is 1. The Morgan fingerprint density at radius 3 is 2.88 bits per heavy atom. The molecule has 0 saturated carbocycles. The van der Waals surface area contributed by atoms with Crippen LogP contribution in [0.15, 0.2) is 0 Å². The van der Waals surface area contributed by atoms with E-state index in [4.69, 9.17) is 4.74 Å². The molecular formula is C14H28N2O. The largest absolute Gasteiger partial charge is 0.381 e. The fraction of sp³-hybridized carbons (Fsp3) is 1.00. The standard InChI is InChI=1S/C14H28N2O/c1-3-16(10-13-5-4-7-15-9-13)12(2)14-6-8-17-11-14/h12-15H,3-11H2,1-2H3. The third-order valence-corrected chi connectivity index (χ3v) is 4.52. The molecule has 2 heterocycles. The van der Waals surface area contributed by atoms with Crippen LogP contribution in [0, 0.1) is 11.8 Å². The van der Waals surface area contributed by atoms with Gasteiger partial charge in [-0.05, 0) is 57.7 Å². The molecule has 0 aromatic carbocycles. The van der Waals surface area contributed by atoms with Crippen LogP contribution in [0.3, 0.4) is 0 Å². The van der Waals surface area contributed by atoms with Gasteiger partial charge in [0.1, 0.15) is 0 Å². The Balaban J connectivity index is 1.81. The Hall–Kier alpha value is -0.120. The van der Waals surface area contributed by atoms with Gasteiger partial charge in [-0.1, -0.05) is 6.92 Å². The summed E-state index contributed by atoms with van der Waals surface area (Å²) in [6, 6.07) is 0.685. The Morgan fingerprint density at radius 2 is 2.29 bits per heavy atom. The van der Waals surface area contributed by atoms with E-state index in [1.807, 2.05) is 0 Å². The van der Waals surface area contributed by atoms with E-state index >= 15 is 0 Å². The summed E-state index contributed by atoms with van der Waals surface area (Å²) >= 11 is 0. The molecule has 3 unspecified atom stereocenters. The molecule has 1 N–H and O–H groups in total. The second-order valence-electron chi connectivity index (χ2n) is 5.66. The fourth-order valence-electron chi connectivity index (χ4n) is 3.23. The van der Waals surface area contributed by atoms with E-state index in [0.29, 0.717) is 6.04 Å². The quantitative estimate of drug-likeness (QED) is 0.792. The first-order valence-electron chi connectivity index (χ1n) is 7.33. The molecular weight excluding hydrogens is 212 g/mol. The van der Waals surface area contributed by atoms with Crippen LogP contribution in [0.1, 0.15) is 33.1 Å². The van der Waals surface area contributed by atoms with Crippen LogP contribution in [0.4, 0.5) is 0 Å². The first-order chi connectivity index (χ1) is 8.31. The van der Waals surface area contributed by atoms with E-state index in [0.717, 1.165) is 25.0 Å². The second-order valence-corrected chi connectivity index (χ2v) is 5.66. The lowest BCUT2D eigenvalue weighted by atomic mass is 9.95. The van der Waals surface area contributed by atoms with Gasteiger partial charge in [-0.25, -0.2) is 0 Å². The van der Waals surface area contributed by atoms with Crippen LogP contribution < -0.4 is 5.32 Å². The minimum absolute atomic E-state index is 0.685. The second kappa shape index (κ2) is 6.72. The third-order valence-electron chi connectivity index (χ3n) is 4.52. The number of hydrogen-bond acceptors (Lipinski definition) is 3. The molecule has 3 nitrogen and oxygen atoms in total. The van der Waals surface area contributed by atoms with Crippen molar-refractivity contribution in [2.45, 2.75) is 39.2 Å². The minimum atomic E-state index is 0.685. The van der Waals surface area contributed by atoms with Gasteiger partial charge in [-0.15, -0.1) is 0 Å². The minimum Gasteiger partial charge on any atom is -0.381 e. The Morgan fingerprint density at radius 1 is 1.41 bits per heavy atom. The highest BCUT2D eigenvalue weighted by Crippen LogP contribution is 2.22. The maximum Gasteiger partial charge on any atom is 0.0509 e. The fourth-order valence-corrected chi connectivity index (χ4v) is 3.23. The molecule has 2 aliphatic heterocycles. The number of ether oxygens (including phenoxy) is 1. The highest BCUT2D eigenvalue weighted by molar-refractivity contribution is 4.81. The smallest absolute Gasteiger partial charge is 0.0509 e. The molecule has 2 fully saturated rings. The van der Waals surface area contributed by atoms with Crippen molar-refractivity contribution in [3.8, 4) is 0 Å². The van der Waals surface area contributed by atoms with Crippen molar-refractivity contribution in [2.75, 3.05) is 39.4 Å². The van der Waals surface area contributed by atoms with Crippen molar-refractivity contribution < 1.29 is 4.74 Å². The van der Waals surface area contributed by atoms with Gasteiger partial charge in [0.2, 0.25) is 0 Å². The molecule has 0 bridgehead atoms. The van der Waals surface area contributed by atoms with Crippen LogP contribution in [0.25, 0.3) is 0 Å². The van der Waals surface area contributed by atoms with Crippen LogP contribution in [-0.2, 0) is 4.74 Å². The summed E-state index contributed by atoms with van der Waals surface area (Å²) in [6.07, 6.45) is 4.00. The molecule has 2 rings (SSSR count). The topological polar surface area (TPSA) is 24.5 Å². The molecule has 3 heteroatoms. The Bertz CT molecular complexity index is 210. The van der Waals surface area contributed by atoms with Gasteiger partial charge in [-0.2, -0.15) is 0 Å². The highest BCUT2D eigenvalue weighted by atomic mass is 16.5. The molecule has 3 atom stereocenters. The molecule has 0 aromatic rings. The molecule has 2 aliphatic rings. The van der Waals surface area contributed by atoms with Crippen molar-refractivity contribution in [3.05, 3.63) is 0 Å². The van der Waals surface area contributed by atoms with Gasteiger partial charge in [0.25, 0.3) is 0 Å². The molecule has 2 saturated heterocycles. The Labute approximate surface area is 106 Å². The van der Waals surface area contributed by atoms with Crippen LogP contribution in [0.2, 0.25) is 0 Å². The van der Waals surface area contributed by atoms with Gasteiger partial charge in [0.15, 0.2) is 0 Å². The lowest BCUT2D eigenvalue weighted by Gasteiger charge is -2.35. The monoisotopic (exact) mass is 240 g/mol. The molecule has 0 aromatic heterocycles. The van der Waals surface area contributed by atoms with Crippen molar-refractivity contribution in [1.29, 1.82) is 0 Å². The van der Waals surface area contributed by atoms with Gasteiger partial charge in [0.05, 0.1) is 6.61 Å². The number of nitrogens with one attached hydrogen (secondary N) is 1. The van der Waals surface area contributed by atoms with Crippen LogP contribution in [-0.4, -0.2) is 50.3 Å². The summed E-state index contributed by atoms with van der Waals surface area (Å²) in [5, 5.41) is 3.52.